The van der Waals surface area contributed by atoms with E-state index >= 15 is 0 Å². The van der Waals surface area contributed by atoms with Gasteiger partial charge < -0.3 is 4.72 Å². The first kappa shape index (κ1) is 14.9. The normalized spacial score (nSPS) is 19.3. The quantitative estimate of drug-likeness (QED) is 0.834. The first-order chi connectivity index (χ1) is 11.2. The first-order valence-electron chi connectivity index (χ1n) is 7.13. The number of halogens is 1. The summed E-state index contributed by atoms with van der Waals surface area (Å²) >= 11 is 8.96. The van der Waals surface area contributed by atoms with E-state index in [0.717, 1.165) is 32.6 Å². The van der Waals surface area contributed by atoms with Crippen molar-refractivity contribution >= 4 is 46.7 Å². The van der Waals surface area contributed by atoms with Crippen LogP contribution in [-0.4, -0.2) is 27.5 Å². The van der Waals surface area contributed by atoms with Gasteiger partial charge in [0, 0.05) is 18.8 Å². The first-order valence-corrected chi connectivity index (χ1v) is 9.10. The van der Waals surface area contributed by atoms with Crippen LogP contribution in [-0.2, 0) is 4.79 Å². The van der Waals surface area contributed by atoms with Gasteiger partial charge in [0.1, 0.15) is 0 Å². The van der Waals surface area contributed by atoms with Gasteiger partial charge in [0.15, 0.2) is 0 Å². The molecule has 1 aromatic heterocycles. The molecule has 0 bridgehead atoms. The van der Waals surface area contributed by atoms with E-state index in [1.165, 1.54) is 23.5 Å². The average Bonchev–Trinajstić information content (AvgIpc) is 3.26. The second-order valence-corrected chi connectivity index (χ2v) is 7.76. The molecule has 0 radical (unpaired) electrons. The van der Waals surface area contributed by atoms with Crippen molar-refractivity contribution in [2.75, 3.05) is 6.54 Å². The van der Waals surface area contributed by atoms with Gasteiger partial charge in [0.05, 0.1) is 45.7 Å². The maximum atomic E-state index is 12.5. The Morgan fingerprint density at radius 1 is 1.43 bits per heavy atom. The molecule has 0 spiro atoms. The summed E-state index contributed by atoms with van der Waals surface area (Å²) in [6.07, 6.45) is 9.00. The van der Waals surface area contributed by atoms with Crippen LogP contribution in [0.2, 0.25) is 4.34 Å². The van der Waals surface area contributed by atoms with Gasteiger partial charge in [-0.3, -0.25) is 9.10 Å². The van der Waals surface area contributed by atoms with E-state index in [2.05, 4.69) is 9.82 Å². The lowest BCUT2D eigenvalue weighted by atomic mass is 10.1. The molecule has 1 amide bonds. The smallest absolute Gasteiger partial charge is 0.247 e. The number of allylic oxidation sites excluding steroid dienone is 2. The Bertz CT molecular complexity index is 780. The fraction of sp³-hybridized carbons (Fsp3) is 0.200. The minimum atomic E-state index is 0.0196. The molecule has 0 unspecified atom stereocenters. The van der Waals surface area contributed by atoms with Gasteiger partial charge in [0.2, 0.25) is 5.91 Å². The predicted molar refractivity (Wildman–Crippen MR) is 94.7 cm³/mol. The van der Waals surface area contributed by atoms with Crippen LogP contribution < -0.4 is 4.72 Å². The largest absolute Gasteiger partial charge is 0.316 e. The van der Waals surface area contributed by atoms with Crippen molar-refractivity contribution in [2.45, 2.75) is 12.8 Å². The Kier molecular flexibility index (Phi) is 3.92. The van der Waals surface area contributed by atoms with Crippen LogP contribution in [0, 0.1) is 0 Å². The molecule has 0 atom stereocenters. The summed E-state index contributed by atoms with van der Waals surface area (Å²) in [5.41, 5.74) is 2.98. The van der Waals surface area contributed by atoms with Crippen LogP contribution >= 0.6 is 35.1 Å². The number of amides is 1. The van der Waals surface area contributed by atoms with Gasteiger partial charge in [-0.15, -0.1) is 11.3 Å². The van der Waals surface area contributed by atoms with Crippen LogP contribution in [0.1, 0.15) is 17.7 Å². The van der Waals surface area contributed by atoms with E-state index in [1.54, 1.807) is 5.01 Å². The number of thiophene rings is 1. The van der Waals surface area contributed by atoms with Crippen LogP contribution in [0.3, 0.4) is 0 Å². The highest BCUT2D eigenvalue weighted by Gasteiger charge is 2.24. The van der Waals surface area contributed by atoms with Gasteiger partial charge in [-0.2, -0.15) is 5.10 Å². The molecular formula is C15H13ClN4OS2. The minimum Gasteiger partial charge on any atom is -0.316 e. The molecule has 4 rings (SSSR count). The zero-order chi connectivity index (χ0) is 15.8. The third-order valence-corrected chi connectivity index (χ3v) is 5.70. The molecule has 23 heavy (non-hydrogen) atoms. The van der Waals surface area contributed by atoms with E-state index in [1.807, 2.05) is 41.0 Å². The standard InChI is InChI=1S/C15H13ClN4OS2/c16-14-2-1-13(22-14)12-4-5-19(18-12)15(21)8-10-3-6-20-11(7-10)9-17-23-20/h1-3,6-7,9,17H,4-5,8H2. The number of rotatable bonds is 3. The fourth-order valence-corrected chi connectivity index (χ4v) is 4.21. The third-order valence-electron chi connectivity index (χ3n) is 3.67. The Hall–Kier alpha value is -1.70. The Morgan fingerprint density at radius 3 is 3.17 bits per heavy atom. The molecule has 4 heterocycles. The monoisotopic (exact) mass is 364 g/mol. The summed E-state index contributed by atoms with van der Waals surface area (Å²) in [6, 6.07) is 3.82. The molecule has 0 aliphatic carbocycles. The predicted octanol–water partition coefficient (Wildman–Crippen LogP) is 3.49. The van der Waals surface area contributed by atoms with Gasteiger partial charge in [-0.25, -0.2) is 5.01 Å². The summed E-state index contributed by atoms with van der Waals surface area (Å²) in [7, 11) is 0. The van der Waals surface area contributed by atoms with Gasteiger partial charge in [-0.05, 0) is 29.9 Å². The number of fused-ring (bicyclic) bond motifs is 1. The van der Waals surface area contributed by atoms with Crippen LogP contribution in [0.5, 0.6) is 0 Å². The number of nitrogens with one attached hydrogen (secondary N) is 1. The van der Waals surface area contributed by atoms with Crippen LogP contribution in [0.25, 0.3) is 0 Å². The molecule has 0 saturated carbocycles. The molecule has 0 saturated heterocycles. The van der Waals surface area contributed by atoms with E-state index in [0.29, 0.717) is 13.0 Å². The zero-order valence-electron chi connectivity index (χ0n) is 12.0. The molecule has 0 aromatic carbocycles. The summed E-state index contributed by atoms with van der Waals surface area (Å²) in [4.78, 5) is 13.5. The lowest BCUT2D eigenvalue weighted by molar-refractivity contribution is -0.129. The third kappa shape index (κ3) is 3.04. The van der Waals surface area contributed by atoms with Crippen molar-refractivity contribution < 1.29 is 4.79 Å². The number of hydrogen-bond donors (Lipinski definition) is 1. The fourth-order valence-electron chi connectivity index (χ4n) is 2.54. The second kappa shape index (κ2) is 6.07. The molecule has 5 nitrogen and oxygen atoms in total. The van der Waals surface area contributed by atoms with Crippen LogP contribution in [0.4, 0.5) is 0 Å². The van der Waals surface area contributed by atoms with Gasteiger partial charge >= 0.3 is 0 Å². The zero-order valence-corrected chi connectivity index (χ0v) is 14.4. The molecule has 0 fully saturated rings. The highest BCUT2D eigenvalue weighted by Crippen LogP contribution is 2.29. The van der Waals surface area contributed by atoms with E-state index < -0.39 is 0 Å². The topological polar surface area (TPSA) is 47.9 Å². The Labute approximate surface area is 147 Å². The van der Waals surface area contributed by atoms with Gasteiger partial charge in [-0.1, -0.05) is 11.6 Å². The summed E-state index contributed by atoms with van der Waals surface area (Å²) in [6.45, 7) is 0.632. The Morgan fingerprint density at radius 2 is 2.35 bits per heavy atom. The summed E-state index contributed by atoms with van der Waals surface area (Å²) in [5, 5.41) is 6.03. The number of carbonyl (C=O) groups excluding carboxylic acids is 1. The lowest BCUT2D eigenvalue weighted by Gasteiger charge is -2.18. The average molecular weight is 365 g/mol. The Balaban J connectivity index is 1.44. The van der Waals surface area contributed by atoms with Crippen molar-refractivity contribution in [3.63, 3.8) is 0 Å². The van der Waals surface area contributed by atoms with E-state index in [9.17, 15) is 4.79 Å². The number of nitrogens with zero attached hydrogens (tertiary/aromatic N) is 3. The van der Waals surface area contributed by atoms with Crippen molar-refractivity contribution in [3.05, 3.63) is 57.2 Å². The van der Waals surface area contributed by atoms with E-state index in [-0.39, 0.29) is 5.91 Å². The van der Waals surface area contributed by atoms with Crippen molar-refractivity contribution in [1.82, 2.24) is 14.0 Å². The SMILES string of the molecule is O=C(CC1=CC2=CNSN2C=C1)N1CCC(c2ccc(Cl)s2)=N1. The molecule has 3 aliphatic heterocycles. The maximum absolute atomic E-state index is 12.5. The summed E-state index contributed by atoms with van der Waals surface area (Å²) < 4.78 is 5.83. The molecule has 3 aliphatic rings. The molecule has 1 N–H and O–H groups in total. The maximum Gasteiger partial charge on any atom is 0.247 e. The van der Waals surface area contributed by atoms with Crippen molar-refractivity contribution in [1.29, 1.82) is 0 Å². The summed E-state index contributed by atoms with van der Waals surface area (Å²) in [5.74, 6) is 0.0196. The number of hydrogen-bond acceptors (Lipinski definition) is 6. The van der Waals surface area contributed by atoms with E-state index in [4.69, 9.17) is 11.6 Å². The second-order valence-electron chi connectivity index (χ2n) is 5.23. The van der Waals surface area contributed by atoms with Crippen molar-refractivity contribution in [2.24, 2.45) is 5.10 Å². The number of carbonyl (C=O) groups is 1. The van der Waals surface area contributed by atoms with Crippen molar-refractivity contribution in [3.8, 4) is 0 Å². The highest BCUT2D eigenvalue weighted by atomic mass is 35.5. The minimum absolute atomic E-state index is 0.0196. The van der Waals surface area contributed by atoms with Crippen LogP contribution in [0.15, 0.2) is 53.1 Å². The molecule has 1 aromatic rings. The highest BCUT2D eigenvalue weighted by molar-refractivity contribution is 7.95. The molecule has 118 valence electrons. The number of hydrazone groups is 1. The van der Waals surface area contributed by atoms with Gasteiger partial charge in [0.25, 0.3) is 0 Å². The lowest BCUT2D eigenvalue weighted by Crippen LogP contribution is -2.23. The molecular weight excluding hydrogens is 352 g/mol. The molecule has 8 heteroatoms.